The molecule has 0 aliphatic carbocycles. The summed E-state index contributed by atoms with van der Waals surface area (Å²) in [6, 6.07) is 19.1. The van der Waals surface area contributed by atoms with Gasteiger partial charge in [0.25, 0.3) is 10.1 Å². The fourth-order valence-electron chi connectivity index (χ4n) is 3.56. The molecular formula is C29H32N2O7S2. The SMILES string of the molecule is Cc1ccc(S(=O)(=O)OC[C@@H](O)COc2ccc3nc(-c4ccc(N(C)C(=O)OC(C)(C)C)cc4)sc3c2)cc1. The summed E-state index contributed by atoms with van der Waals surface area (Å²) >= 11 is 1.48. The van der Waals surface area contributed by atoms with Crippen LogP contribution in [-0.4, -0.2) is 56.6 Å². The first-order valence-corrected chi connectivity index (χ1v) is 14.8. The average molecular weight is 585 g/mol. The first kappa shape index (κ1) is 29.5. The molecule has 0 unspecified atom stereocenters. The third-order valence-corrected chi connectivity index (χ3v) is 8.06. The minimum Gasteiger partial charge on any atom is -0.491 e. The number of benzene rings is 3. The van der Waals surface area contributed by atoms with Crippen LogP contribution in [0, 0.1) is 6.92 Å². The number of rotatable bonds is 9. The van der Waals surface area contributed by atoms with Gasteiger partial charge in [-0.15, -0.1) is 11.3 Å². The molecule has 9 nitrogen and oxygen atoms in total. The number of aliphatic hydroxyl groups excluding tert-OH is 1. The van der Waals surface area contributed by atoms with Gasteiger partial charge < -0.3 is 14.6 Å². The van der Waals surface area contributed by atoms with Crippen LogP contribution in [0.1, 0.15) is 26.3 Å². The van der Waals surface area contributed by atoms with Crippen molar-refractivity contribution in [2.45, 2.75) is 44.3 Å². The Morgan fingerprint density at radius 2 is 1.70 bits per heavy atom. The summed E-state index contributed by atoms with van der Waals surface area (Å²) in [5, 5.41) is 11.0. The second-order valence-corrected chi connectivity index (χ2v) is 12.9. The Hall–Kier alpha value is -3.51. The van der Waals surface area contributed by atoms with E-state index in [1.165, 1.54) is 28.4 Å². The van der Waals surface area contributed by atoms with Gasteiger partial charge in [0.2, 0.25) is 0 Å². The Morgan fingerprint density at radius 3 is 2.35 bits per heavy atom. The normalized spacial score (nSPS) is 12.8. The topological polar surface area (TPSA) is 115 Å². The lowest BCUT2D eigenvalue weighted by molar-refractivity contribution is 0.0589. The van der Waals surface area contributed by atoms with Gasteiger partial charge in [-0.25, -0.2) is 9.78 Å². The van der Waals surface area contributed by atoms with E-state index in [2.05, 4.69) is 4.98 Å². The van der Waals surface area contributed by atoms with Crippen molar-refractivity contribution in [3.63, 3.8) is 0 Å². The van der Waals surface area contributed by atoms with Crippen LogP contribution in [0.3, 0.4) is 0 Å². The van der Waals surface area contributed by atoms with Crippen molar-refractivity contribution in [1.82, 2.24) is 4.98 Å². The van der Waals surface area contributed by atoms with Gasteiger partial charge in [0.1, 0.15) is 29.1 Å². The second kappa shape index (κ2) is 11.9. The van der Waals surface area contributed by atoms with Crippen LogP contribution < -0.4 is 9.64 Å². The highest BCUT2D eigenvalue weighted by atomic mass is 32.2. The Kier molecular flexibility index (Phi) is 8.79. The Morgan fingerprint density at radius 1 is 1.02 bits per heavy atom. The predicted octanol–water partition coefficient (Wildman–Crippen LogP) is 5.79. The van der Waals surface area contributed by atoms with Gasteiger partial charge in [-0.05, 0) is 82.3 Å². The number of carbonyl (C=O) groups excluding carboxylic acids is 1. The number of carbonyl (C=O) groups is 1. The highest BCUT2D eigenvalue weighted by Gasteiger charge is 2.21. The van der Waals surface area contributed by atoms with Gasteiger partial charge in [-0.1, -0.05) is 17.7 Å². The maximum atomic E-state index is 12.3. The number of fused-ring (bicyclic) bond motifs is 1. The summed E-state index contributed by atoms with van der Waals surface area (Å²) in [6.45, 7) is 6.75. The smallest absolute Gasteiger partial charge is 0.414 e. The zero-order valence-electron chi connectivity index (χ0n) is 23.0. The number of aryl methyl sites for hydroxylation is 1. The fraction of sp³-hybridized carbons (Fsp3) is 0.310. The van der Waals surface area contributed by atoms with E-state index in [0.717, 1.165) is 26.4 Å². The van der Waals surface area contributed by atoms with Crippen LogP contribution >= 0.6 is 11.3 Å². The molecule has 1 atom stereocenters. The number of aliphatic hydroxyl groups is 1. The van der Waals surface area contributed by atoms with Gasteiger partial charge in [0.15, 0.2) is 0 Å². The third-order valence-electron chi connectivity index (χ3n) is 5.70. The molecule has 4 rings (SSSR count). The van der Waals surface area contributed by atoms with Crippen LogP contribution in [0.15, 0.2) is 71.6 Å². The van der Waals surface area contributed by atoms with Crippen molar-refractivity contribution < 1.29 is 32.0 Å². The van der Waals surface area contributed by atoms with Gasteiger partial charge in [0.05, 0.1) is 21.7 Å². The monoisotopic (exact) mass is 584 g/mol. The van der Waals surface area contributed by atoms with Gasteiger partial charge in [-0.3, -0.25) is 9.08 Å². The summed E-state index contributed by atoms with van der Waals surface area (Å²) < 4.78 is 41.6. The molecule has 3 aromatic carbocycles. The van der Waals surface area contributed by atoms with E-state index < -0.39 is 34.5 Å². The lowest BCUT2D eigenvalue weighted by Crippen LogP contribution is -2.34. The van der Waals surface area contributed by atoms with Crippen molar-refractivity contribution in [3.8, 4) is 16.3 Å². The molecular weight excluding hydrogens is 552 g/mol. The molecule has 1 amide bonds. The fourth-order valence-corrected chi connectivity index (χ4v) is 5.50. The van der Waals surface area contributed by atoms with Crippen LogP contribution in [0.4, 0.5) is 10.5 Å². The molecule has 0 aliphatic rings. The Bertz CT molecular complexity index is 1580. The number of thiazole rings is 1. The summed E-state index contributed by atoms with van der Waals surface area (Å²) in [5.41, 5.74) is 2.73. The van der Waals surface area contributed by atoms with Crippen molar-refractivity contribution in [2.75, 3.05) is 25.2 Å². The molecule has 0 fully saturated rings. The number of aromatic nitrogens is 1. The highest BCUT2D eigenvalue weighted by Crippen LogP contribution is 2.33. The summed E-state index contributed by atoms with van der Waals surface area (Å²) in [6.07, 6.45) is -1.58. The molecule has 212 valence electrons. The number of hydrogen-bond acceptors (Lipinski definition) is 9. The lowest BCUT2D eigenvalue weighted by Gasteiger charge is -2.24. The molecule has 11 heteroatoms. The minimum atomic E-state index is -3.97. The van der Waals surface area contributed by atoms with E-state index >= 15 is 0 Å². The molecule has 0 aliphatic heterocycles. The van der Waals surface area contributed by atoms with E-state index in [1.54, 1.807) is 25.2 Å². The summed E-state index contributed by atoms with van der Waals surface area (Å²) in [5.74, 6) is 0.512. The third kappa shape index (κ3) is 7.57. The van der Waals surface area contributed by atoms with Crippen molar-refractivity contribution in [1.29, 1.82) is 0 Å². The molecule has 0 radical (unpaired) electrons. The van der Waals surface area contributed by atoms with Crippen LogP contribution in [0.25, 0.3) is 20.8 Å². The molecule has 0 saturated carbocycles. The zero-order valence-corrected chi connectivity index (χ0v) is 24.6. The van der Waals surface area contributed by atoms with Crippen LogP contribution in [-0.2, 0) is 19.0 Å². The number of hydrogen-bond donors (Lipinski definition) is 1. The quantitative estimate of drug-likeness (QED) is 0.246. The molecule has 0 saturated heterocycles. The lowest BCUT2D eigenvalue weighted by atomic mass is 10.2. The standard InChI is InChI=1S/C29H32N2O7S2/c1-19-6-13-24(14-7-19)40(34,35)37-18-22(32)17-36-23-12-15-25-26(16-23)39-27(30-25)20-8-10-21(11-9-20)31(5)28(33)38-29(2,3)4/h6-16,22,32H,17-18H2,1-5H3/t22-/m0/s1. The van der Waals surface area contributed by atoms with Gasteiger partial charge in [-0.2, -0.15) is 8.42 Å². The Balaban J connectivity index is 1.35. The maximum Gasteiger partial charge on any atom is 0.414 e. The number of ether oxygens (including phenoxy) is 2. The molecule has 1 N–H and O–H groups in total. The van der Waals surface area contributed by atoms with Crippen molar-refractivity contribution >= 4 is 43.5 Å². The van der Waals surface area contributed by atoms with Crippen LogP contribution in [0.2, 0.25) is 0 Å². The van der Waals surface area contributed by atoms with E-state index in [-0.39, 0.29) is 11.5 Å². The first-order valence-electron chi connectivity index (χ1n) is 12.6. The number of amides is 1. The second-order valence-electron chi connectivity index (χ2n) is 10.3. The van der Waals surface area contributed by atoms with E-state index in [9.17, 15) is 18.3 Å². The first-order chi connectivity index (χ1) is 18.8. The highest BCUT2D eigenvalue weighted by molar-refractivity contribution is 7.86. The molecule has 1 heterocycles. The van der Waals surface area contributed by atoms with E-state index in [4.69, 9.17) is 13.7 Å². The van der Waals surface area contributed by atoms with Gasteiger partial charge >= 0.3 is 6.09 Å². The Labute approximate surface area is 238 Å². The van der Waals surface area contributed by atoms with Crippen molar-refractivity contribution in [3.05, 3.63) is 72.3 Å². The molecule has 40 heavy (non-hydrogen) atoms. The average Bonchev–Trinajstić information content (AvgIpc) is 3.33. The van der Waals surface area contributed by atoms with Crippen LogP contribution in [0.5, 0.6) is 5.75 Å². The number of nitrogens with zero attached hydrogens (tertiary/aromatic N) is 2. The molecule has 4 aromatic rings. The summed E-state index contributed by atoms with van der Waals surface area (Å²) in [7, 11) is -2.31. The number of anilines is 1. The summed E-state index contributed by atoms with van der Waals surface area (Å²) in [4.78, 5) is 18.5. The minimum absolute atomic E-state index is 0.0300. The van der Waals surface area contributed by atoms with Gasteiger partial charge in [0, 0.05) is 18.3 Å². The largest absolute Gasteiger partial charge is 0.491 e. The predicted molar refractivity (Wildman–Crippen MR) is 156 cm³/mol. The maximum absolute atomic E-state index is 12.3. The molecule has 0 spiro atoms. The molecule has 0 bridgehead atoms. The van der Waals surface area contributed by atoms with E-state index in [1.807, 2.05) is 64.1 Å². The van der Waals surface area contributed by atoms with Crippen molar-refractivity contribution in [2.24, 2.45) is 0 Å². The van der Waals surface area contributed by atoms with E-state index in [0.29, 0.717) is 11.4 Å². The molecule has 1 aromatic heterocycles. The zero-order chi connectivity index (χ0) is 29.1.